The first-order chi connectivity index (χ1) is 21.2. The average molecular weight is 622 g/mol. The van der Waals surface area contributed by atoms with Crippen molar-refractivity contribution >= 4 is 29.4 Å². The largest absolute Gasteiger partial charge is 0.479 e. The van der Waals surface area contributed by atoms with Crippen molar-refractivity contribution in [3.63, 3.8) is 0 Å². The van der Waals surface area contributed by atoms with Gasteiger partial charge in [0.1, 0.15) is 12.1 Å². The molecule has 2 aromatic carbocycles. The molecule has 1 amide bonds. The zero-order valence-electron chi connectivity index (χ0n) is 24.7. The number of benzene rings is 2. The molecule has 0 aliphatic carbocycles. The smallest absolute Gasteiger partial charge is 0.348 e. The van der Waals surface area contributed by atoms with Crippen LogP contribution in [0.4, 0.5) is 0 Å². The molecule has 0 radical (unpaired) electrons. The Morgan fingerprint density at radius 3 is 1.47 bits per heavy atom. The highest BCUT2D eigenvalue weighted by Crippen LogP contribution is 2.32. The van der Waals surface area contributed by atoms with Crippen LogP contribution in [-0.4, -0.2) is 95.2 Å². The molecule has 13 nitrogen and oxygen atoms in total. The summed E-state index contributed by atoms with van der Waals surface area (Å²) in [4.78, 5) is 66.7. The third-order valence-corrected chi connectivity index (χ3v) is 7.52. The van der Waals surface area contributed by atoms with Crippen LogP contribution in [-0.2, 0) is 14.4 Å². The van der Waals surface area contributed by atoms with E-state index in [4.69, 9.17) is 5.73 Å². The number of likely N-dealkylation sites (tertiary alicyclic amines) is 1. The Morgan fingerprint density at radius 2 is 1.11 bits per heavy atom. The molecule has 2 heterocycles. The maximum Gasteiger partial charge on any atom is 0.348 e. The van der Waals surface area contributed by atoms with Crippen molar-refractivity contribution in [1.29, 1.82) is 0 Å². The first-order valence-electron chi connectivity index (χ1n) is 13.9. The highest BCUT2D eigenvalue weighted by atomic mass is 16.5. The number of pyridine rings is 1. The molecule has 238 valence electrons. The van der Waals surface area contributed by atoms with Gasteiger partial charge in [0.15, 0.2) is 0 Å². The molecule has 45 heavy (non-hydrogen) atoms. The molecule has 1 saturated heterocycles. The molecule has 0 bridgehead atoms. The second-order valence-electron chi connectivity index (χ2n) is 10.7. The Labute approximate surface area is 258 Å². The van der Waals surface area contributed by atoms with Gasteiger partial charge in [-0.1, -0.05) is 59.7 Å². The van der Waals surface area contributed by atoms with Gasteiger partial charge in [0.25, 0.3) is 11.2 Å². The van der Waals surface area contributed by atoms with Crippen molar-refractivity contribution in [2.24, 2.45) is 5.73 Å². The van der Waals surface area contributed by atoms with E-state index in [0.717, 1.165) is 50.2 Å². The summed E-state index contributed by atoms with van der Waals surface area (Å²) < 4.78 is 0. The van der Waals surface area contributed by atoms with Gasteiger partial charge >= 0.3 is 11.9 Å². The molecule has 0 spiro atoms. The first-order valence-corrected chi connectivity index (χ1v) is 13.9. The van der Waals surface area contributed by atoms with Gasteiger partial charge in [0.05, 0.1) is 0 Å². The van der Waals surface area contributed by atoms with E-state index in [1.165, 1.54) is 24.3 Å². The zero-order valence-corrected chi connectivity index (χ0v) is 24.7. The highest BCUT2D eigenvalue weighted by Gasteiger charge is 2.69. The van der Waals surface area contributed by atoms with Gasteiger partial charge in [-0.2, -0.15) is 0 Å². The number of hydrogen-bond acceptors (Lipinski definition) is 10. The molecule has 1 aliphatic rings. The number of Topliss-reactive ketones (excluding diaryl/α,β-unsaturated/α-hetero) is 2. The van der Waals surface area contributed by atoms with Crippen molar-refractivity contribution in [1.82, 2.24) is 9.88 Å². The first kappa shape index (κ1) is 34.7. The maximum absolute atomic E-state index is 12.8. The van der Waals surface area contributed by atoms with Crippen molar-refractivity contribution in [2.45, 2.75) is 50.0 Å². The van der Waals surface area contributed by atoms with E-state index in [9.17, 15) is 49.5 Å². The lowest BCUT2D eigenvalue weighted by Gasteiger charge is -2.34. The molecule has 0 saturated carbocycles. The van der Waals surface area contributed by atoms with E-state index in [1.54, 1.807) is 43.3 Å². The number of nitrogens with two attached hydrogens (primary N) is 1. The van der Waals surface area contributed by atoms with Gasteiger partial charge in [-0.3, -0.25) is 19.4 Å². The van der Waals surface area contributed by atoms with Gasteiger partial charge in [-0.25, -0.2) is 9.59 Å². The molecule has 7 N–H and O–H groups in total. The number of carbonyl (C=O) groups excluding carboxylic acids is 3. The van der Waals surface area contributed by atoms with Crippen LogP contribution in [0.25, 0.3) is 0 Å². The summed E-state index contributed by atoms with van der Waals surface area (Å²) in [7, 11) is 0. The van der Waals surface area contributed by atoms with Crippen LogP contribution in [0.1, 0.15) is 56.4 Å². The normalized spacial score (nSPS) is 16.6. The predicted molar refractivity (Wildman–Crippen MR) is 159 cm³/mol. The Bertz CT molecular complexity index is 1460. The monoisotopic (exact) mass is 621 g/mol. The number of aromatic nitrogens is 1. The molecule has 3 aromatic rings. The molecule has 1 aromatic heterocycles. The quantitative estimate of drug-likeness (QED) is 0.138. The molecule has 1 aliphatic heterocycles. The molecule has 4 atom stereocenters. The Balaban J connectivity index is 0.000000276. The van der Waals surface area contributed by atoms with E-state index in [-0.39, 0.29) is 17.0 Å². The van der Waals surface area contributed by atoms with E-state index in [1.807, 2.05) is 0 Å². The Kier molecular flexibility index (Phi) is 11.0. The summed E-state index contributed by atoms with van der Waals surface area (Å²) in [6, 6.07) is 12.8. The summed E-state index contributed by atoms with van der Waals surface area (Å²) in [5, 5.41) is 50.3. The molecule has 13 heteroatoms. The fourth-order valence-electron chi connectivity index (χ4n) is 4.71. The van der Waals surface area contributed by atoms with Crippen LogP contribution >= 0.6 is 0 Å². The van der Waals surface area contributed by atoms with Gasteiger partial charge in [-0.15, -0.1) is 0 Å². The van der Waals surface area contributed by atoms with E-state index < -0.39 is 46.9 Å². The van der Waals surface area contributed by atoms with Crippen molar-refractivity contribution in [3.8, 4) is 0 Å². The standard InChI is InChI=1S/C20H18O8.C12H17N3O2/c1-11-3-7-13(8-4-11)15(21)19(27,17(23)24)20(28,18(25)26)16(22)14-9-5-12(2)6-10-14;13-10(12(17)15-7-1-2-8-15)11(16)9-3-5-14-6-4-9/h3-10,27-28H,1-2H3,(H,23,24)(H,25,26);3-6,10-11,16H,1-2,7-8,13H2/t19-,20-;10-,11+/m01/s1. The lowest BCUT2D eigenvalue weighted by atomic mass is 9.73. The van der Waals surface area contributed by atoms with Gasteiger partial charge < -0.3 is 36.2 Å². The van der Waals surface area contributed by atoms with Crippen molar-refractivity contribution in [3.05, 3.63) is 101 Å². The van der Waals surface area contributed by atoms with Crippen LogP contribution in [0.3, 0.4) is 0 Å². The van der Waals surface area contributed by atoms with Crippen molar-refractivity contribution in [2.75, 3.05) is 13.1 Å². The highest BCUT2D eigenvalue weighted by molar-refractivity contribution is 6.28. The number of aliphatic carboxylic acids is 2. The van der Waals surface area contributed by atoms with Gasteiger partial charge in [0.2, 0.25) is 17.5 Å². The molecular weight excluding hydrogens is 586 g/mol. The molecular formula is C32H35N3O10. The van der Waals surface area contributed by atoms with E-state index >= 15 is 0 Å². The number of aliphatic hydroxyl groups excluding tert-OH is 1. The predicted octanol–water partition coefficient (Wildman–Crippen LogP) is 1.07. The summed E-state index contributed by atoms with van der Waals surface area (Å²) in [6.07, 6.45) is 4.22. The Morgan fingerprint density at radius 1 is 0.733 bits per heavy atom. The number of carboxylic acids is 2. The topological polar surface area (TPSA) is 229 Å². The summed E-state index contributed by atoms with van der Waals surface area (Å²) in [5.74, 6) is -8.19. The summed E-state index contributed by atoms with van der Waals surface area (Å²) in [6.45, 7) is 4.86. The van der Waals surface area contributed by atoms with Crippen LogP contribution in [0.2, 0.25) is 0 Å². The number of carbonyl (C=O) groups is 5. The summed E-state index contributed by atoms with van der Waals surface area (Å²) >= 11 is 0. The minimum Gasteiger partial charge on any atom is -0.479 e. The number of aliphatic hydroxyl groups is 3. The molecule has 0 unspecified atom stereocenters. The van der Waals surface area contributed by atoms with Gasteiger partial charge in [0, 0.05) is 36.6 Å². The third kappa shape index (κ3) is 7.13. The SMILES string of the molecule is Cc1ccc(C(=O)[C@](O)(C(=O)O)[C@@](O)(C(=O)O)C(=O)c2ccc(C)cc2)cc1.N[C@@H](C(=O)N1CCCC1)[C@@H](O)c1ccncc1. The van der Waals surface area contributed by atoms with Crippen LogP contribution in [0.5, 0.6) is 0 Å². The van der Waals surface area contributed by atoms with Gasteiger partial charge in [-0.05, 0) is 44.4 Å². The second kappa shape index (κ2) is 14.3. The maximum atomic E-state index is 12.8. The minimum atomic E-state index is -3.96. The lowest BCUT2D eigenvalue weighted by molar-refractivity contribution is -0.187. The number of hydrogen-bond donors (Lipinski definition) is 6. The second-order valence-corrected chi connectivity index (χ2v) is 10.7. The van der Waals surface area contributed by atoms with Crippen LogP contribution in [0.15, 0.2) is 73.1 Å². The zero-order chi connectivity index (χ0) is 33.5. The van der Waals surface area contributed by atoms with Crippen molar-refractivity contribution < 1.29 is 49.5 Å². The number of ketones is 2. The number of rotatable bonds is 10. The summed E-state index contributed by atoms with van der Waals surface area (Å²) in [5.41, 5.74) is -0.838. The van der Waals surface area contributed by atoms with Crippen LogP contribution in [0, 0.1) is 13.8 Å². The molecule has 1 fully saturated rings. The fraction of sp³-hybridized carbons (Fsp3) is 0.312. The minimum absolute atomic E-state index is 0.174. The lowest BCUT2D eigenvalue weighted by Crippen LogP contribution is -2.71. The van der Waals surface area contributed by atoms with E-state index in [0.29, 0.717) is 16.7 Å². The third-order valence-electron chi connectivity index (χ3n) is 7.52. The average Bonchev–Trinajstić information content (AvgIpc) is 3.59. The Hall–Kier alpha value is -4.82. The number of nitrogens with zero attached hydrogens (tertiary/aromatic N) is 2. The van der Waals surface area contributed by atoms with Crippen LogP contribution < -0.4 is 5.73 Å². The number of carboxylic acid groups (broad SMARTS) is 2. The van der Waals surface area contributed by atoms with E-state index in [2.05, 4.69) is 4.98 Å². The number of amides is 1. The number of aryl methyl sites for hydroxylation is 2. The molecule has 4 rings (SSSR count). The fourth-order valence-corrected chi connectivity index (χ4v) is 4.71.